The molecule has 1 aromatic carbocycles. The molecule has 0 saturated heterocycles. The zero-order valence-corrected chi connectivity index (χ0v) is 13.0. The fraction of sp³-hybridized carbons (Fsp3) is 0.389. The van der Waals surface area contributed by atoms with Crippen LogP contribution in [0.3, 0.4) is 0 Å². The van der Waals surface area contributed by atoms with Crippen LogP contribution in [0.5, 0.6) is 5.75 Å². The number of hydrogen-bond acceptors (Lipinski definition) is 3. The minimum atomic E-state index is 0.286. The van der Waals surface area contributed by atoms with Crippen molar-refractivity contribution in [2.45, 2.75) is 39.3 Å². The lowest BCUT2D eigenvalue weighted by Crippen LogP contribution is -2.22. The van der Waals surface area contributed by atoms with Gasteiger partial charge in [-0.3, -0.25) is 4.98 Å². The van der Waals surface area contributed by atoms with Crippen molar-refractivity contribution in [3.63, 3.8) is 0 Å². The highest BCUT2D eigenvalue weighted by atomic mass is 16.5. The second-order valence-corrected chi connectivity index (χ2v) is 5.31. The first-order valence-corrected chi connectivity index (χ1v) is 7.59. The second-order valence-electron chi connectivity index (χ2n) is 5.31. The molecule has 0 aliphatic heterocycles. The molecule has 0 fully saturated rings. The van der Waals surface area contributed by atoms with Crippen molar-refractivity contribution < 1.29 is 4.74 Å². The summed E-state index contributed by atoms with van der Waals surface area (Å²) < 4.78 is 5.61. The molecule has 2 aromatic rings. The number of aromatic nitrogens is 1. The molecule has 0 bridgehead atoms. The van der Waals surface area contributed by atoms with Crippen molar-refractivity contribution in [2.24, 2.45) is 0 Å². The van der Waals surface area contributed by atoms with Gasteiger partial charge in [-0.2, -0.15) is 0 Å². The summed E-state index contributed by atoms with van der Waals surface area (Å²) in [4.78, 5) is 4.06. The predicted octanol–water partition coefficient (Wildman–Crippen LogP) is 4.28. The Morgan fingerprint density at radius 2 is 1.52 bits per heavy atom. The van der Waals surface area contributed by atoms with Crippen LogP contribution in [0.25, 0.3) is 0 Å². The van der Waals surface area contributed by atoms with Gasteiger partial charge in [-0.1, -0.05) is 19.1 Å². The highest BCUT2D eigenvalue weighted by molar-refractivity contribution is 5.29. The van der Waals surface area contributed by atoms with Gasteiger partial charge in [0.1, 0.15) is 5.75 Å². The smallest absolute Gasteiger partial charge is 0.119 e. The van der Waals surface area contributed by atoms with Gasteiger partial charge in [0.05, 0.1) is 6.61 Å². The maximum Gasteiger partial charge on any atom is 0.119 e. The molecule has 21 heavy (non-hydrogen) atoms. The summed E-state index contributed by atoms with van der Waals surface area (Å²) in [5.41, 5.74) is 2.51. The van der Waals surface area contributed by atoms with Crippen LogP contribution in [0, 0.1) is 0 Å². The Balaban J connectivity index is 1.95. The van der Waals surface area contributed by atoms with Crippen LogP contribution in [-0.2, 0) is 0 Å². The molecule has 1 unspecified atom stereocenters. The molecule has 0 radical (unpaired) electrons. The van der Waals surface area contributed by atoms with Gasteiger partial charge in [0, 0.05) is 24.5 Å². The normalized spacial score (nSPS) is 13.7. The van der Waals surface area contributed by atoms with E-state index in [1.807, 2.05) is 36.7 Å². The molecular formula is C18H24N2O. The van der Waals surface area contributed by atoms with Gasteiger partial charge in [0.15, 0.2) is 0 Å². The molecule has 1 heterocycles. The third kappa shape index (κ3) is 4.57. The number of nitrogens with zero attached hydrogens (tertiary/aromatic N) is 1. The molecule has 3 nitrogen and oxygen atoms in total. The number of hydrogen-bond donors (Lipinski definition) is 1. The highest BCUT2D eigenvalue weighted by Crippen LogP contribution is 2.21. The van der Waals surface area contributed by atoms with E-state index in [4.69, 9.17) is 4.74 Å². The molecule has 2 atom stereocenters. The van der Waals surface area contributed by atoms with Gasteiger partial charge in [-0.15, -0.1) is 0 Å². The number of benzene rings is 1. The van der Waals surface area contributed by atoms with Crippen molar-refractivity contribution in [3.05, 3.63) is 59.9 Å². The molecule has 1 aromatic heterocycles. The van der Waals surface area contributed by atoms with Crippen LogP contribution in [0.1, 0.15) is 50.4 Å². The van der Waals surface area contributed by atoms with Gasteiger partial charge < -0.3 is 10.1 Å². The molecule has 0 spiro atoms. The first-order chi connectivity index (χ1) is 10.2. The standard InChI is InChI=1S/C18H24N2O/c1-4-13-21-18-7-5-16(6-8-18)14(2)20-15(3)17-9-11-19-12-10-17/h5-12,14-15,20H,4,13H2,1-3H3/t14?,15-/m0/s1. The lowest BCUT2D eigenvalue weighted by molar-refractivity contribution is 0.317. The van der Waals surface area contributed by atoms with E-state index in [1.54, 1.807) is 0 Å². The molecule has 0 aliphatic carbocycles. The van der Waals surface area contributed by atoms with E-state index in [0.717, 1.165) is 18.8 Å². The van der Waals surface area contributed by atoms with Gasteiger partial charge in [-0.05, 0) is 55.7 Å². The Morgan fingerprint density at radius 3 is 2.10 bits per heavy atom. The highest BCUT2D eigenvalue weighted by Gasteiger charge is 2.11. The Labute approximate surface area is 127 Å². The molecule has 3 heteroatoms. The Morgan fingerprint density at radius 1 is 0.952 bits per heavy atom. The number of nitrogens with one attached hydrogen (secondary N) is 1. The average Bonchev–Trinajstić information content (AvgIpc) is 2.54. The molecule has 1 N–H and O–H groups in total. The summed E-state index contributed by atoms with van der Waals surface area (Å²) in [5.74, 6) is 0.940. The monoisotopic (exact) mass is 284 g/mol. The van der Waals surface area contributed by atoms with E-state index in [2.05, 4.69) is 43.2 Å². The summed E-state index contributed by atoms with van der Waals surface area (Å²) in [7, 11) is 0. The Bertz CT molecular complexity index is 525. The number of ether oxygens (including phenoxy) is 1. The fourth-order valence-electron chi connectivity index (χ4n) is 2.29. The van der Waals surface area contributed by atoms with Crippen molar-refractivity contribution >= 4 is 0 Å². The molecule has 0 amide bonds. The number of pyridine rings is 1. The second kappa shape index (κ2) is 7.79. The van der Waals surface area contributed by atoms with E-state index in [-0.39, 0.29) is 6.04 Å². The predicted molar refractivity (Wildman–Crippen MR) is 86.4 cm³/mol. The SMILES string of the molecule is CCCOc1ccc(C(C)N[C@@H](C)c2ccncc2)cc1. The Hall–Kier alpha value is -1.87. The van der Waals surface area contributed by atoms with Crippen molar-refractivity contribution in [1.82, 2.24) is 10.3 Å². The fourth-order valence-corrected chi connectivity index (χ4v) is 2.29. The summed E-state index contributed by atoms with van der Waals surface area (Å²) >= 11 is 0. The van der Waals surface area contributed by atoms with Crippen LogP contribution >= 0.6 is 0 Å². The van der Waals surface area contributed by atoms with Gasteiger partial charge in [0.25, 0.3) is 0 Å². The zero-order valence-electron chi connectivity index (χ0n) is 13.0. The Kier molecular flexibility index (Phi) is 5.76. The van der Waals surface area contributed by atoms with Crippen molar-refractivity contribution in [2.75, 3.05) is 6.61 Å². The molecule has 2 rings (SSSR count). The lowest BCUT2D eigenvalue weighted by Gasteiger charge is -2.21. The minimum absolute atomic E-state index is 0.286. The van der Waals surface area contributed by atoms with Gasteiger partial charge in [0.2, 0.25) is 0 Å². The molecule has 0 saturated carbocycles. The van der Waals surface area contributed by atoms with Crippen LogP contribution in [-0.4, -0.2) is 11.6 Å². The van der Waals surface area contributed by atoms with Gasteiger partial charge in [-0.25, -0.2) is 0 Å². The van der Waals surface area contributed by atoms with Crippen molar-refractivity contribution in [1.29, 1.82) is 0 Å². The summed E-state index contributed by atoms with van der Waals surface area (Å²) in [6.45, 7) is 7.23. The quantitative estimate of drug-likeness (QED) is 0.824. The number of rotatable bonds is 7. The zero-order chi connectivity index (χ0) is 15.1. The van der Waals surface area contributed by atoms with Crippen LogP contribution in [0.15, 0.2) is 48.8 Å². The molecular weight excluding hydrogens is 260 g/mol. The van der Waals surface area contributed by atoms with Crippen LogP contribution in [0.4, 0.5) is 0 Å². The maximum absolute atomic E-state index is 5.61. The molecule has 0 aliphatic rings. The lowest BCUT2D eigenvalue weighted by atomic mass is 10.0. The van der Waals surface area contributed by atoms with Gasteiger partial charge >= 0.3 is 0 Å². The van der Waals surface area contributed by atoms with E-state index in [9.17, 15) is 0 Å². The maximum atomic E-state index is 5.61. The summed E-state index contributed by atoms with van der Waals surface area (Å²) in [6.07, 6.45) is 4.69. The minimum Gasteiger partial charge on any atom is -0.494 e. The van der Waals surface area contributed by atoms with Crippen LogP contribution in [0.2, 0.25) is 0 Å². The topological polar surface area (TPSA) is 34.1 Å². The largest absolute Gasteiger partial charge is 0.494 e. The third-order valence-electron chi connectivity index (χ3n) is 3.56. The third-order valence-corrected chi connectivity index (χ3v) is 3.56. The summed E-state index contributed by atoms with van der Waals surface area (Å²) in [6, 6.07) is 13.0. The van der Waals surface area contributed by atoms with E-state index in [1.165, 1.54) is 11.1 Å². The first kappa shape index (κ1) is 15.5. The average molecular weight is 284 g/mol. The summed E-state index contributed by atoms with van der Waals surface area (Å²) in [5, 5.41) is 3.61. The van der Waals surface area contributed by atoms with E-state index < -0.39 is 0 Å². The van der Waals surface area contributed by atoms with E-state index >= 15 is 0 Å². The first-order valence-electron chi connectivity index (χ1n) is 7.59. The van der Waals surface area contributed by atoms with Crippen molar-refractivity contribution in [3.8, 4) is 5.75 Å². The molecule has 112 valence electrons. The van der Waals surface area contributed by atoms with Crippen LogP contribution < -0.4 is 10.1 Å². The van der Waals surface area contributed by atoms with E-state index in [0.29, 0.717) is 6.04 Å².